The fraction of sp³-hybridized carbons (Fsp3) is 0.636. The van der Waals surface area contributed by atoms with Gasteiger partial charge in [-0.1, -0.05) is 46.6 Å². The number of rotatable bonds is 12. The maximum absolute atomic E-state index is 11.1. The summed E-state index contributed by atoms with van der Waals surface area (Å²) < 4.78 is 22.2. The fourth-order valence-electron chi connectivity index (χ4n) is 2.51. The van der Waals surface area contributed by atoms with Crippen molar-refractivity contribution in [2.24, 2.45) is 0 Å². The molecule has 0 amide bonds. The predicted molar refractivity (Wildman–Crippen MR) is 113 cm³/mol. The molecule has 0 spiro atoms. The molecule has 0 aromatic carbocycles. The minimum absolute atomic E-state index is 0.249. The van der Waals surface area contributed by atoms with E-state index in [2.05, 4.69) is 58.9 Å². The van der Waals surface area contributed by atoms with Gasteiger partial charge in [0.2, 0.25) is 0 Å². The van der Waals surface area contributed by atoms with E-state index in [0.717, 1.165) is 38.5 Å². The van der Waals surface area contributed by atoms with E-state index in [1.54, 1.807) is 0 Å². The Hall–Kier alpha value is -1.09. The topological polar surface area (TPSA) is 34.1 Å². The van der Waals surface area contributed by atoms with Gasteiger partial charge in [0, 0.05) is 6.26 Å². The first-order valence-electron chi connectivity index (χ1n) is 9.38. The Morgan fingerprint density at radius 1 is 0.640 bits per heavy atom. The van der Waals surface area contributed by atoms with E-state index in [0.29, 0.717) is 6.42 Å². The van der Waals surface area contributed by atoms with Crippen LogP contribution in [0.4, 0.5) is 0 Å². The normalized spacial score (nSPS) is 13.9. The molecule has 0 aliphatic carbocycles. The van der Waals surface area contributed by atoms with Crippen LogP contribution in [0.5, 0.6) is 0 Å². The van der Waals surface area contributed by atoms with Crippen LogP contribution < -0.4 is 0 Å². The van der Waals surface area contributed by atoms with Crippen molar-refractivity contribution in [2.45, 2.75) is 79.6 Å². The van der Waals surface area contributed by atoms with Gasteiger partial charge in [0.05, 0.1) is 5.75 Å². The van der Waals surface area contributed by atoms with Gasteiger partial charge >= 0.3 is 0 Å². The van der Waals surface area contributed by atoms with Crippen molar-refractivity contribution in [3.05, 3.63) is 46.6 Å². The van der Waals surface area contributed by atoms with Crippen LogP contribution in [0.25, 0.3) is 0 Å². The lowest BCUT2D eigenvalue weighted by molar-refractivity contribution is 0.601. The molecule has 0 aliphatic heterocycles. The van der Waals surface area contributed by atoms with E-state index < -0.39 is 9.84 Å². The quantitative estimate of drug-likeness (QED) is 0.366. The molecule has 0 saturated carbocycles. The smallest absolute Gasteiger partial charge is 0.147 e. The summed E-state index contributed by atoms with van der Waals surface area (Å²) in [5, 5.41) is 0. The van der Waals surface area contributed by atoms with Gasteiger partial charge in [0.15, 0.2) is 0 Å². The van der Waals surface area contributed by atoms with Crippen molar-refractivity contribution < 1.29 is 8.42 Å². The molecule has 0 atom stereocenters. The van der Waals surface area contributed by atoms with Crippen molar-refractivity contribution in [3.8, 4) is 0 Å². The second kappa shape index (κ2) is 13.2. The fourth-order valence-corrected chi connectivity index (χ4v) is 3.05. The Kier molecular flexibility index (Phi) is 12.6. The van der Waals surface area contributed by atoms with Crippen LogP contribution in [-0.4, -0.2) is 20.4 Å². The monoisotopic (exact) mass is 366 g/mol. The van der Waals surface area contributed by atoms with Crippen molar-refractivity contribution in [3.63, 3.8) is 0 Å². The van der Waals surface area contributed by atoms with E-state index in [9.17, 15) is 8.42 Å². The number of allylic oxidation sites excluding steroid dienone is 8. The molecule has 144 valence electrons. The third kappa shape index (κ3) is 17.5. The van der Waals surface area contributed by atoms with Gasteiger partial charge in [-0.2, -0.15) is 0 Å². The first-order chi connectivity index (χ1) is 11.6. The summed E-state index contributed by atoms with van der Waals surface area (Å²) in [7, 11) is -2.85. The number of sulfone groups is 1. The lowest BCUT2D eigenvalue weighted by Crippen LogP contribution is -2.01. The van der Waals surface area contributed by atoms with Crippen molar-refractivity contribution in [1.82, 2.24) is 0 Å². The van der Waals surface area contributed by atoms with Gasteiger partial charge in [-0.15, -0.1) is 0 Å². The zero-order valence-electron chi connectivity index (χ0n) is 17.2. The van der Waals surface area contributed by atoms with E-state index in [1.165, 1.54) is 28.5 Å². The highest BCUT2D eigenvalue weighted by Gasteiger charge is 1.99. The molecule has 0 aromatic heterocycles. The van der Waals surface area contributed by atoms with E-state index in [-0.39, 0.29) is 5.75 Å². The van der Waals surface area contributed by atoms with Crippen molar-refractivity contribution >= 4 is 9.84 Å². The summed E-state index contributed by atoms with van der Waals surface area (Å²) in [5.41, 5.74) is 5.60. The second-order valence-electron chi connectivity index (χ2n) is 7.47. The summed E-state index contributed by atoms with van der Waals surface area (Å²) in [6.45, 7) is 10.8. The third-order valence-electron chi connectivity index (χ3n) is 4.14. The largest absolute Gasteiger partial charge is 0.229 e. The number of hydrogen-bond acceptors (Lipinski definition) is 2. The Bertz CT molecular complexity index is 598. The molecule has 0 fully saturated rings. The summed E-state index contributed by atoms with van der Waals surface area (Å²) in [5.74, 6) is 0.249. The van der Waals surface area contributed by atoms with E-state index in [1.807, 2.05) is 0 Å². The highest BCUT2D eigenvalue weighted by Crippen LogP contribution is 2.13. The molecule has 3 heteroatoms. The Labute approximate surface area is 156 Å². The molecule has 0 bridgehead atoms. The predicted octanol–water partition coefficient (Wildman–Crippen LogP) is 6.57. The highest BCUT2D eigenvalue weighted by atomic mass is 32.2. The van der Waals surface area contributed by atoms with Crippen molar-refractivity contribution in [1.29, 1.82) is 0 Å². The van der Waals surface area contributed by atoms with Gasteiger partial charge in [-0.05, 0) is 79.6 Å². The maximum atomic E-state index is 11.1. The molecule has 25 heavy (non-hydrogen) atoms. The Balaban J connectivity index is 4.05. The summed E-state index contributed by atoms with van der Waals surface area (Å²) >= 11 is 0. The standard InChI is InChI=1S/C22H38O2S/c1-19(2)11-7-12-20(3)13-8-14-21(4)15-9-16-22(5)17-10-18-25(6,23)24/h11,13,15,17H,7-10,12,14,16,18H2,1-6H3/b20-13+,21-15+,22-17+. The molecule has 0 heterocycles. The molecule has 0 saturated heterocycles. The minimum atomic E-state index is -2.85. The molecule has 0 aromatic rings. The van der Waals surface area contributed by atoms with Crippen LogP contribution >= 0.6 is 0 Å². The Morgan fingerprint density at radius 2 is 1.00 bits per heavy atom. The average molecular weight is 367 g/mol. The average Bonchev–Trinajstić information content (AvgIpc) is 2.45. The van der Waals surface area contributed by atoms with Crippen LogP contribution in [0.2, 0.25) is 0 Å². The summed E-state index contributed by atoms with van der Waals surface area (Å²) in [4.78, 5) is 0. The van der Waals surface area contributed by atoms with Crippen molar-refractivity contribution in [2.75, 3.05) is 12.0 Å². The van der Waals surface area contributed by atoms with Gasteiger partial charge in [0.25, 0.3) is 0 Å². The third-order valence-corrected chi connectivity index (χ3v) is 5.11. The first-order valence-corrected chi connectivity index (χ1v) is 11.4. The second-order valence-corrected chi connectivity index (χ2v) is 9.73. The summed E-state index contributed by atoms with van der Waals surface area (Å²) in [6, 6.07) is 0. The summed E-state index contributed by atoms with van der Waals surface area (Å²) in [6.07, 6.45) is 17.6. The zero-order valence-corrected chi connectivity index (χ0v) is 18.0. The van der Waals surface area contributed by atoms with Gasteiger partial charge in [0.1, 0.15) is 9.84 Å². The Morgan fingerprint density at radius 3 is 1.36 bits per heavy atom. The molecule has 2 nitrogen and oxygen atoms in total. The highest BCUT2D eigenvalue weighted by molar-refractivity contribution is 7.90. The van der Waals surface area contributed by atoms with Crippen LogP contribution in [0, 0.1) is 0 Å². The minimum Gasteiger partial charge on any atom is -0.229 e. The first kappa shape index (κ1) is 23.9. The molecule has 0 N–H and O–H groups in total. The molecular weight excluding hydrogens is 328 g/mol. The van der Waals surface area contributed by atoms with E-state index in [4.69, 9.17) is 0 Å². The van der Waals surface area contributed by atoms with Gasteiger partial charge in [-0.25, -0.2) is 8.42 Å². The molecular formula is C22H38O2S. The lowest BCUT2D eigenvalue weighted by Gasteiger charge is -2.03. The van der Waals surface area contributed by atoms with E-state index >= 15 is 0 Å². The molecule has 0 radical (unpaired) electrons. The van der Waals surface area contributed by atoms with Crippen LogP contribution in [0.1, 0.15) is 79.6 Å². The molecule has 0 aliphatic rings. The zero-order chi connectivity index (χ0) is 19.3. The number of hydrogen-bond donors (Lipinski definition) is 0. The molecule has 0 rings (SSSR count). The maximum Gasteiger partial charge on any atom is 0.147 e. The SMILES string of the molecule is CC(C)=CCC/C(C)=C/CC/C(C)=C/CC/C(C)=C/CCS(C)(=O)=O. The molecule has 0 unspecified atom stereocenters. The lowest BCUT2D eigenvalue weighted by atomic mass is 10.0. The van der Waals surface area contributed by atoms with Crippen LogP contribution in [0.3, 0.4) is 0 Å². The van der Waals surface area contributed by atoms with Gasteiger partial charge < -0.3 is 0 Å². The van der Waals surface area contributed by atoms with Gasteiger partial charge in [-0.3, -0.25) is 0 Å². The van der Waals surface area contributed by atoms with Crippen LogP contribution in [0.15, 0.2) is 46.6 Å². The van der Waals surface area contributed by atoms with Crippen LogP contribution in [-0.2, 0) is 9.84 Å².